The summed E-state index contributed by atoms with van der Waals surface area (Å²) in [6, 6.07) is 8.39. The Morgan fingerprint density at radius 1 is 1.08 bits per heavy atom. The molecule has 0 N–H and O–H groups in total. The Kier molecular flexibility index (Phi) is 3.76. The highest BCUT2D eigenvalue weighted by Gasteiger charge is 2.43. The van der Waals surface area contributed by atoms with Crippen LogP contribution in [0.5, 0.6) is 0 Å². The summed E-state index contributed by atoms with van der Waals surface area (Å²) in [5, 5.41) is 0. The van der Waals surface area contributed by atoms with Crippen LogP contribution in [0.1, 0.15) is 19.8 Å². The van der Waals surface area contributed by atoms with E-state index >= 15 is 0 Å². The zero-order valence-electron chi connectivity index (χ0n) is 15.3. The van der Waals surface area contributed by atoms with Crippen LogP contribution in [0.2, 0.25) is 0 Å². The van der Waals surface area contributed by atoms with Gasteiger partial charge in [0.15, 0.2) is 0 Å². The van der Waals surface area contributed by atoms with Crippen LogP contribution in [0.4, 0.5) is 5.95 Å². The van der Waals surface area contributed by atoms with Crippen LogP contribution in [-0.2, 0) is 11.3 Å². The highest BCUT2D eigenvalue weighted by molar-refractivity contribution is 5.80. The molecular formula is C21H26N4O. The number of carbonyl (C=O) groups is 1. The van der Waals surface area contributed by atoms with Crippen LogP contribution in [0, 0.1) is 17.8 Å². The molecule has 2 aliphatic heterocycles. The molecule has 5 rings (SSSR count). The molecule has 2 saturated heterocycles. The fraction of sp³-hybridized carbons (Fsp3) is 0.524. The number of carbonyl (C=O) groups excluding carboxylic acids is 1. The Hall–Kier alpha value is -2.30. The molecule has 0 spiro atoms. The largest absolute Gasteiger partial charge is 0.342 e. The number of allylic oxidation sites excluding steroid dienone is 2. The third-order valence-electron chi connectivity index (χ3n) is 6.39. The normalized spacial score (nSPS) is 25.6. The van der Waals surface area contributed by atoms with Crippen LogP contribution >= 0.6 is 0 Å². The SMILES string of the molecule is CCn1c(N2CC3CN(C(=O)C4CC=CC4)CC3C2)nc2ccccc21. The van der Waals surface area contributed by atoms with Gasteiger partial charge >= 0.3 is 0 Å². The summed E-state index contributed by atoms with van der Waals surface area (Å²) >= 11 is 0. The van der Waals surface area contributed by atoms with Crippen molar-refractivity contribution in [3.8, 4) is 0 Å². The number of aryl methyl sites for hydroxylation is 1. The van der Waals surface area contributed by atoms with E-state index in [0.717, 1.165) is 57.0 Å². The summed E-state index contributed by atoms with van der Waals surface area (Å²) in [4.78, 5) is 22.2. The molecule has 0 bridgehead atoms. The number of likely N-dealkylation sites (tertiary alicyclic amines) is 1. The quantitative estimate of drug-likeness (QED) is 0.799. The van der Waals surface area contributed by atoms with Gasteiger partial charge in [-0.1, -0.05) is 24.3 Å². The van der Waals surface area contributed by atoms with Gasteiger partial charge in [0.25, 0.3) is 0 Å². The first-order valence-electron chi connectivity index (χ1n) is 9.88. The number of rotatable bonds is 3. The number of amides is 1. The number of nitrogens with zero attached hydrogens (tertiary/aromatic N) is 4. The third-order valence-corrected chi connectivity index (χ3v) is 6.39. The lowest BCUT2D eigenvalue weighted by Gasteiger charge is -2.24. The molecule has 26 heavy (non-hydrogen) atoms. The number of aromatic nitrogens is 2. The van der Waals surface area contributed by atoms with Crippen molar-refractivity contribution in [2.24, 2.45) is 17.8 Å². The summed E-state index contributed by atoms with van der Waals surface area (Å²) in [7, 11) is 0. The fourth-order valence-corrected chi connectivity index (χ4v) is 5.03. The summed E-state index contributed by atoms with van der Waals surface area (Å²) in [6.07, 6.45) is 6.15. The average molecular weight is 350 g/mol. The molecule has 5 nitrogen and oxygen atoms in total. The Labute approximate surface area is 154 Å². The first-order valence-corrected chi connectivity index (χ1v) is 9.88. The Bertz CT molecular complexity index is 848. The van der Waals surface area contributed by atoms with E-state index in [1.807, 2.05) is 0 Å². The maximum atomic E-state index is 12.7. The Balaban J connectivity index is 1.32. The number of anilines is 1. The summed E-state index contributed by atoms with van der Waals surface area (Å²) in [5.74, 6) is 2.84. The molecule has 2 unspecified atom stereocenters. The van der Waals surface area contributed by atoms with E-state index in [4.69, 9.17) is 4.98 Å². The minimum atomic E-state index is 0.203. The van der Waals surface area contributed by atoms with Crippen LogP contribution in [0.15, 0.2) is 36.4 Å². The van der Waals surface area contributed by atoms with Gasteiger partial charge in [-0.3, -0.25) is 4.79 Å². The topological polar surface area (TPSA) is 41.4 Å². The number of hydrogen-bond acceptors (Lipinski definition) is 3. The number of imidazole rings is 1. The van der Waals surface area contributed by atoms with Gasteiger partial charge in [0, 0.05) is 50.5 Å². The zero-order chi connectivity index (χ0) is 17.7. The van der Waals surface area contributed by atoms with Gasteiger partial charge in [0.05, 0.1) is 11.0 Å². The molecule has 3 heterocycles. The molecule has 1 aromatic carbocycles. The molecule has 1 aromatic heterocycles. The minimum absolute atomic E-state index is 0.203. The van der Waals surface area contributed by atoms with Crippen molar-refractivity contribution < 1.29 is 4.79 Å². The van der Waals surface area contributed by atoms with Crippen LogP contribution in [0.25, 0.3) is 11.0 Å². The smallest absolute Gasteiger partial charge is 0.226 e. The van der Waals surface area contributed by atoms with E-state index in [1.54, 1.807) is 0 Å². The highest BCUT2D eigenvalue weighted by atomic mass is 16.2. The summed E-state index contributed by atoms with van der Waals surface area (Å²) < 4.78 is 2.32. The zero-order valence-corrected chi connectivity index (χ0v) is 15.3. The van der Waals surface area contributed by atoms with Crippen LogP contribution in [0.3, 0.4) is 0 Å². The first-order chi connectivity index (χ1) is 12.7. The van der Waals surface area contributed by atoms with E-state index in [9.17, 15) is 4.79 Å². The molecule has 2 aromatic rings. The maximum absolute atomic E-state index is 12.7. The van der Waals surface area contributed by atoms with Crippen LogP contribution < -0.4 is 4.90 Å². The predicted octanol–water partition coefficient (Wildman–Crippen LogP) is 2.92. The predicted molar refractivity (Wildman–Crippen MR) is 103 cm³/mol. The van der Waals surface area contributed by atoms with Crippen molar-refractivity contribution in [1.29, 1.82) is 0 Å². The average Bonchev–Trinajstić information content (AvgIpc) is 3.41. The fourth-order valence-electron chi connectivity index (χ4n) is 5.03. The molecular weight excluding hydrogens is 324 g/mol. The third kappa shape index (κ3) is 2.44. The Morgan fingerprint density at radius 2 is 1.77 bits per heavy atom. The molecule has 1 aliphatic carbocycles. The van der Waals surface area contributed by atoms with Crippen LogP contribution in [-0.4, -0.2) is 46.5 Å². The van der Waals surface area contributed by atoms with Gasteiger partial charge in [-0.25, -0.2) is 4.98 Å². The summed E-state index contributed by atoms with van der Waals surface area (Å²) in [5.41, 5.74) is 2.29. The summed E-state index contributed by atoms with van der Waals surface area (Å²) in [6.45, 7) is 6.98. The van der Waals surface area contributed by atoms with Crippen molar-refractivity contribution in [2.75, 3.05) is 31.1 Å². The van der Waals surface area contributed by atoms with Gasteiger partial charge in [0.1, 0.15) is 0 Å². The lowest BCUT2D eigenvalue weighted by atomic mass is 10.0. The van der Waals surface area contributed by atoms with Gasteiger partial charge in [-0.15, -0.1) is 0 Å². The van der Waals surface area contributed by atoms with Gasteiger partial charge in [0.2, 0.25) is 11.9 Å². The second-order valence-corrected chi connectivity index (χ2v) is 7.95. The molecule has 3 aliphatic rings. The van der Waals surface area contributed by atoms with E-state index in [1.165, 1.54) is 5.52 Å². The molecule has 0 radical (unpaired) electrons. The molecule has 1 amide bonds. The number of benzene rings is 1. The second kappa shape index (κ2) is 6.15. The molecule has 2 fully saturated rings. The monoisotopic (exact) mass is 350 g/mol. The van der Waals surface area contributed by atoms with Crippen molar-refractivity contribution in [3.63, 3.8) is 0 Å². The lowest BCUT2D eigenvalue weighted by Crippen LogP contribution is -2.37. The maximum Gasteiger partial charge on any atom is 0.226 e. The minimum Gasteiger partial charge on any atom is -0.342 e. The lowest BCUT2D eigenvalue weighted by molar-refractivity contribution is -0.134. The van der Waals surface area contributed by atoms with Gasteiger partial charge in [-0.05, 0) is 31.9 Å². The highest BCUT2D eigenvalue weighted by Crippen LogP contribution is 2.36. The standard InChI is InChI=1S/C21H26N4O/c1-2-25-19-10-6-5-9-18(19)22-21(25)24-13-16-11-23(12-17(16)14-24)20(26)15-7-3-4-8-15/h3-6,9-10,15-17H,2,7-8,11-14H2,1H3. The number of hydrogen-bond donors (Lipinski definition) is 0. The Morgan fingerprint density at radius 3 is 2.46 bits per heavy atom. The van der Waals surface area contributed by atoms with Crippen molar-refractivity contribution in [3.05, 3.63) is 36.4 Å². The van der Waals surface area contributed by atoms with E-state index in [-0.39, 0.29) is 5.92 Å². The molecule has 136 valence electrons. The van der Waals surface area contributed by atoms with Gasteiger partial charge < -0.3 is 14.4 Å². The van der Waals surface area contributed by atoms with Crippen molar-refractivity contribution >= 4 is 22.9 Å². The van der Waals surface area contributed by atoms with E-state index < -0.39 is 0 Å². The number of para-hydroxylation sites is 2. The molecule has 5 heteroatoms. The second-order valence-electron chi connectivity index (χ2n) is 7.95. The number of fused-ring (bicyclic) bond motifs is 2. The molecule has 0 saturated carbocycles. The van der Waals surface area contributed by atoms with E-state index in [0.29, 0.717) is 17.7 Å². The van der Waals surface area contributed by atoms with Crippen molar-refractivity contribution in [2.45, 2.75) is 26.3 Å². The van der Waals surface area contributed by atoms with Crippen molar-refractivity contribution in [1.82, 2.24) is 14.5 Å². The molecule has 2 atom stereocenters. The first kappa shape index (κ1) is 15.9. The van der Waals surface area contributed by atoms with E-state index in [2.05, 4.69) is 57.7 Å². The van der Waals surface area contributed by atoms with Gasteiger partial charge in [-0.2, -0.15) is 0 Å².